The summed E-state index contributed by atoms with van der Waals surface area (Å²) in [6.45, 7) is 3.15. The van der Waals surface area contributed by atoms with E-state index in [-0.39, 0.29) is 0 Å². The van der Waals surface area contributed by atoms with Gasteiger partial charge in [0.25, 0.3) is 0 Å². The van der Waals surface area contributed by atoms with Crippen LogP contribution in [0.4, 0.5) is 0 Å². The van der Waals surface area contributed by atoms with Crippen molar-refractivity contribution in [2.45, 2.75) is 13.0 Å². The number of aryl methyl sites for hydroxylation is 1. The number of rotatable bonds is 8. The second kappa shape index (κ2) is 9.62. The van der Waals surface area contributed by atoms with Gasteiger partial charge in [0.15, 0.2) is 5.96 Å². The lowest BCUT2D eigenvalue weighted by molar-refractivity contribution is 0.281. The topological polar surface area (TPSA) is 54.7 Å². The minimum Gasteiger partial charge on any atom is -0.492 e. The average Bonchev–Trinajstić information content (AvgIpc) is 3.12. The number of benzene rings is 2. The molecule has 0 bridgehead atoms. The smallest absolute Gasteiger partial charge is 0.193 e. The van der Waals surface area contributed by atoms with E-state index in [4.69, 9.17) is 4.74 Å². The molecule has 142 valence electrons. The van der Waals surface area contributed by atoms with Gasteiger partial charge >= 0.3 is 0 Å². The highest BCUT2D eigenvalue weighted by molar-refractivity contribution is 5.79. The highest BCUT2D eigenvalue weighted by Crippen LogP contribution is 2.12. The monoisotopic (exact) mass is 365 g/mol. The predicted octanol–water partition coefficient (Wildman–Crippen LogP) is 3.01. The van der Waals surface area contributed by atoms with Crippen molar-refractivity contribution in [2.24, 2.45) is 4.99 Å². The van der Waals surface area contributed by atoms with Gasteiger partial charge in [0.2, 0.25) is 0 Å². The lowest BCUT2D eigenvalue weighted by Crippen LogP contribution is -2.41. The second-order valence-electron chi connectivity index (χ2n) is 6.34. The molecule has 0 fully saturated rings. The highest BCUT2D eigenvalue weighted by atomic mass is 16.5. The van der Waals surface area contributed by atoms with E-state index in [1.54, 1.807) is 7.05 Å². The number of nitrogens with one attached hydrogen (secondary N) is 1. The van der Waals surface area contributed by atoms with E-state index in [1.165, 1.54) is 5.52 Å². The molecular weight excluding hydrogens is 338 g/mol. The maximum atomic E-state index is 5.75. The van der Waals surface area contributed by atoms with Crippen LogP contribution in [0.1, 0.15) is 6.42 Å². The molecule has 0 aliphatic rings. The van der Waals surface area contributed by atoms with Gasteiger partial charge in [-0.1, -0.05) is 30.3 Å². The van der Waals surface area contributed by atoms with Crippen LogP contribution in [0.25, 0.3) is 11.0 Å². The van der Waals surface area contributed by atoms with Gasteiger partial charge in [0.05, 0.1) is 23.9 Å². The van der Waals surface area contributed by atoms with Gasteiger partial charge in [-0.2, -0.15) is 0 Å². The summed E-state index contributed by atoms with van der Waals surface area (Å²) in [5.41, 5.74) is 2.22. The number of likely N-dealkylation sites (N-methyl/N-ethyl adjacent to an activating group) is 1. The zero-order chi connectivity index (χ0) is 18.9. The number of aliphatic imine (C=N–C) groups is 1. The van der Waals surface area contributed by atoms with E-state index >= 15 is 0 Å². The predicted molar refractivity (Wildman–Crippen MR) is 110 cm³/mol. The molecule has 0 amide bonds. The van der Waals surface area contributed by atoms with E-state index in [9.17, 15) is 0 Å². The van der Waals surface area contributed by atoms with Crippen LogP contribution >= 0.6 is 0 Å². The maximum Gasteiger partial charge on any atom is 0.193 e. The molecule has 0 saturated heterocycles. The fourth-order valence-corrected chi connectivity index (χ4v) is 2.95. The first-order valence-electron chi connectivity index (χ1n) is 9.27. The van der Waals surface area contributed by atoms with E-state index in [1.807, 2.05) is 61.9 Å². The second-order valence-corrected chi connectivity index (χ2v) is 6.34. The van der Waals surface area contributed by atoms with Crippen molar-refractivity contribution < 1.29 is 4.74 Å². The summed E-state index contributed by atoms with van der Waals surface area (Å²) in [5, 5.41) is 3.41. The third-order valence-electron chi connectivity index (χ3n) is 4.40. The molecule has 3 aromatic rings. The van der Waals surface area contributed by atoms with Crippen LogP contribution in [0, 0.1) is 0 Å². The van der Waals surface area contributed by atoms with Crippen molar-refractivity contribution in [3.05, 3.63) is 60.9 Å². The Labute approximate surface area is 160 Å². The number of aromatic nitrogens is 2. The maximum absolute atomic E-state index is 5.75. The van der Waals surface area contributed by atoms with Gasteiger partial charge in [-0.25, -0.2) is 4.98 Å². The molecule has 1 heterocycles. The molecule has 6 nitrogen and oxygen atoms in total. The quantitative estimate of drug-likeness (QED) is 0.379. The molecule has 27 heavy (non-hydrogen) atoms. The Bertz CT molecular complexity index is 859. The number of ether oxygens (including phenoxy) is 1. The van der Waals surface area contributed by atoms with Crippen molar-refractivity contribution >= 4 is 17.0 Å². The standard InChI is InChI=1S/C21H27N5O/c1-22-21(25(2)15-16-27-18-9-4-3-5-10-18)23-13-8-14-26-17-24-19-11-6-7-12-20(19)26/h3-7,9-12,17H,8,13-16H2,1-2H3,(H,22,23). The Morgan fingerprint density at radius 1 is 1.15 bits per heavy atom. The Morgan fingerprint density at radius 2 is 1.93 bits per heavy atom. The summed E-state index contributed by atoms with van der Waals surface area (Å²) in [4.78, 5) is 10.9. The SMILES string of the molecule is CN=C(NCCCn1cnc2ccccc21)N(C)CCOc1ccccc1. The molecule has 3 rings (SSSR count). The van der Waals surface area contributed by atoms with Crippen LogP contribution in [0.15, 0.2) is 65.9 Å². The largest absolute Gasteiger partial charge is 0.492 e. The minimum absolute atomic E-state index is 0.613. The molecule has 0 aliphatic carbocycles. The number of nitrogens with zero attached hydrogens (tertiary/aromatic N) is 4. The van der Waals surface area contributed by atoms with Crippen LogP contribution in [-0.4, -0.2) is 54.2 Å². The number of para-hydroxylation sites is 3. The van der Waals surface area contributed by atoms with Gasteiger partial charge in [-0.05, 0) is 30.7 Å². The van der Waals surface area contributed by atoms with E-state index in [0.717, 1.165) is 43.3 Å². The molecule has 0 radical (unpaired) electrons. The van der Waals surface area contributed by atoms with Gasteiger partial charge in [-0.3, -0.25) is 4.99 Å². The molecule has 1 N–H and O–H groups in total. The highest BCUT2D eigenvalue weighted by Gasteiger charge is 2.06. The van der Waals surface area contributed by atoms with E-state index < -0.39 is 0 Å². The molecule has 6 heteroatoms. The van der Waals surface area contributed by atoms with Crippen LogP contribution in [0.3, 0.4) is 0 Å². The third-order valence-corrected chi connectivity index (χ3v) is 4.40. The van der Waals surface area contributed by atoms with E-state index in [0.29, 0.717) is 6.61 Å². The molecular formula is C21H27N5O. The van der Waals surface area contributed by atoms with Crippen LogP contribution in [0.2, 0.25) is 0 Å². The summed E-state index contributed by atoms with van der Waals surface area (Å²) in [6.07, 6.45) is 2.90. The Kier molecular flexibility index (Phi) is 6.68. The van der Waals surface area contributed by atoms with Gasteiger partial charge in [0, 0.05) is 27.2 Å². The summed E-state index contributed by atoms with van der Waals surface area (Å²) in [6, 6.07) is 18.1. The Hall–Kier alpha value is -3.02. The van der Waals surface area contributed by atoms with Crippen molar-refractivity contribution in [2.75, 3.05) is 33.8 Å². The summed E-state index contributed by atoms with van der Waals surface area (Å²) < 4.78 is 7.94. The number of hydrogen-bond donors (Lipinski definition) is 1. The molecule has 0 saturated carbocycles. The molecule has 0 unspecified atom stereocenters. The lowest BCUT2D eigenvalue weighted by atomic mass is 10.3. The number of imidazole rings is 1. The first-order chi connectivity index (χ1) is 13.3. The molecule has 0 spiro atoms. The van der Waals surface area contributed by atoms with Crippen molar-refractivity contribution in [1.82, 2.24) is 19.8 Å². The summed E-state index contributed by atoms with van der Waals surface area (Å²) in [7, 11) is 3.83. The van der Waals surface area contributed by atoms with Crippen LogP contribution in [0.5, 0.6) is 5.75 Å². The molecule has 2 aromatic carbocycles. The molecule has 1 aromatic heterocycles. The van der Waals surface area contributed by atoms with Gasteiger partial charge in [-0.15, -0.1) is 0 Å². The van der Waals surface area contributed by atoms with Crippen molar-refractivity contribution in [1.29, 1.82) is 0 Å². The summed E-state index contributed by atoms with van der Waals surface area (Å²) in [5.74, 6) is 1.77. The Balaban J connectivity index is 1.39. The number of fused-ring (bicyclic) bond motifs is 1. The lowest BCUT2D eigenvalue weighted by Gasteiger charge is -2.22. The van der Waals surface area contributed by atoms with E-state index in [2.05, 4.69) is 30.8 Å². The summed E-state index contributed by atoms with van der Waals surface area (Å²) >= 11 is 0. The normalized spacial score (nSPS) is 11.6. The van der Waals surface area contributed by atoms with Gasteiger partial charge in [0.1, 0.15) is 12.4 Å². The van der Waals surface area contributed by atoms with Crippen molar-refractivity contribution in [3.8, 4) is 5.75 Å². The minimum atomic E-state index is 0.613. The zero-order valence-corrected chi connectivity index (χ0v) is 16.0. The first-order valence-corrected chi connectivity index (χ1v) is 9.27. The third kappa shape index (κ3) is 5.23. The zero-order valence-electron chi connectivity index (χ0n) is 16.0. The van der Waals surface area contributed by atoms with Gasteiger partial charge < -0.3 is 19.5 Å². The first kappa shape index (κ1) is 18.8. The fraction of sp³-hybridized carbons (Fsp3) is 0.333. The van der Waals surface area contributed by atoms with Crippen LogP contribution in [-0.2, 0) is 6.54 Å². The van der Waals surface area contributed by atoms with Crippen LogP contribution < -0.4 is 10.1 Å². The molecule has 0 atom stereocenters. The Morgan fingerprint density at radius 3 is 2.74 bits per heavy atom. The number of hydrogen-bond acceptors (Lipinski definition) is 3. The average molecular weight is 365 g/mol. The molecule has 0 aliphatic heterocycles. The number of guanidine groups is 1. The fourth-order valence-electron chi connectivity index (χ4n) is 2.95. The van der Waals surface area contributed by atoms with Crippen molar-refractivity contribution in [3.63, 3.8) is 0 Å².